The molecule has 0 spiro atoms. The van der Waals surface area contributed by atoms with Gasteiger partial charge in [-0.05, 0) is 49.4 Å². The minimum absolute atomic E-state index is 0.171. The second-order valence-corrected chi connectivity index (χ2v) is 4.07. The van der Waals surface area contributed by atoms with E-state index in [4.69, 9.17) is 10.5 Å². The van der Waals surface area contributed by atoms with E-state index in [2.05, 4.69) is 24.0 Å². The van der Waals surface area contributed by atoms with Gasteiger partial charge in [0.05, 0.1) is 0 Å². The molecule has 2 nitrogen and oxygen atoms in total. The number of benzene rings is 1. The van der Waals surface area contributed by atoms with E-state index in [0.29, 0.717) is 6.61 Å². The Labute approximate surface area is 96.8 Å². The van der Waals surface area contributed by atoms with Gasteiger partial charge in [-0.15, -0.1) is 5.92 Å². The Morgan fingerprint density at radius 1 is 1.50 bits per heavy atom. The third-order valence-electron chi connectivity index (χ3n) is 2.97. The van der Waals surface area contributed by atoms with Crippen molar-refractivity contribution in [3.05, 3.63) is 29.3 Å². The second kappa shape index (κ2) is 5.05. The normalized spacial score (nSPS) is 18.2. The van der Waals surface area contributed by atoms with Gasteiger partial charge in [0.1, 0.15) is 12.4 Å². The maximum Gasteiger partial charge on any atom is 0.149 e. The lowest BCUT2D eigenvalue weighted by atomic mass is 9.88. The number of aryl methyl sites for hydroxylation is 1. The van der Waals surface area contributed by atoms with E-state index in [1.165, 1.54) is 17.5 Å². The maximum absolute atomic E-state index is 6.09. The molecule has 0 aliphatic heterocycles. The molecule has 1 aliphatic carbocycles. The summed E-state index contributed by atoms with van der Waals surface area (Å²) >= 11 is 0. The molecule has 0 saturated heterocycles. The van der Waals surface area contributed by atoms with Crippen LogP contribution in [-0.2, 0) is 6.42 Å². The summed E-state index contributed by atoms with van der Waals surface area (Å²) < 4.78 is 5.53. The summed E-state index contributed by atoms with van der Waals surface area (Å²) in [7, 11) is 0. The zero-order valence-corrected chi connectivity index (χ0v) is 9.62. The first-order valence-corrected chi connectivity index (χ1v) is 5.72. The molecule has 0 amide bonds. The van der Waals surface area contributed by atoms with Crippen LogP contribution in [-0.4, -0.2) is 6.61 Å². The molecule has 1 aromatic rings. The first-order chi connectivity index (χ1) is 7.81. The van der Waals surface area contributed by atoms with Gasteiger partial charge < -0.3 is 10.5 Å². The Bertz CT molecular complexity index is 428. The average Bonchev–Trinajstić information content (AvgIpc) is 2.30. The molecular weight excluding hydrogens is 198 g/mol. The molecule has 84 valence electrons. The number of rotatable bonds is 2. The third-order valence-corrected chi connectivity index (χ3v) is 2.97. The molecule has 1 aromatic carbocycles. The largest absolute Gasteiger partial charge is 0.481 e. The third kappa shape index (κ3) is 2.37. The SMILES string of the molecule is CC#CCOc1ccc2c(c1)C(N)CCC2. The average molecular weight is 215 g/mol. The van der Waals surface area contributed by atoms with Gasteiger partial charge >= 0.3 is 0 Å². The van der Waals surface area contributed by atoms with Crippen LogP contribution in [0.5, 0.6) is 5.75 Å². The smallest absolute Gasteiger partial charge is 0.149 e. The van der Waals surface area contributed by atoms with Gasteiger partial charge in [0, 0.05) is 6.04 Å². The minimum atomic E-state index is 0.171. The zero-order chi connectivity index (χ0) is 11.4. The highest BCUT2D eigenvalue weighted by Crippen LogP contribution is 2.30. The summed E-state index contributed by atoms with van der Waals surface area (Å²) in [5.41, 5.74) is 8.70. The van der Waals surface area contributed by atoms with Gasteiger partial charge in [0.15, 0.2) is 0 Å². The summed E-state index contributed by atoms with van der Waals surface area (Å²) in [6.07, 6.45) is 3.40. The molecule has 0 radical (unpaired) electrons. The van der Waals surface area contributed by atoms with Crippen molar-refractivity contribution in [2.45, 2.75) is 32.2 Å². The van der Waals surface area contributed by atoms with Crippen molar-refractivity contribution in [2.75, 3.05) is 6.61 Å². The van der Waals surface area contributed by atoms with Crippen LogP contribution in [0, 0.1) is 11.8 Å². The van der Waals surface area contributed by atoms with E-state index in [-0.39, 0.29) is 6.04 Å². The van der Waals surface area contributed by atoms with Crippen molar-refractivity contribution in [3.8, 4) is 17.6 Å². The first kappa shape index (κ1) is 11.0. The van der Waals surface area contributed by atoms with E-state index >= 15 is 0 Å². The number of ether oxygens (including phenoxy) is 1. The minimum Gasteiger partial charge on any atom is -0.481 e. The quantitative estimate of drug-likeness (QED) is 0.769. The molecule has 0 heterocycles. The standard InChI is InChI=1S/C14H17NO/c1-2-3-9-16-12-8-7-11-5-4-6-14(15)13(11)10-12/h7-8,10,14H,4-6,9,15H2,1H3. The zero-order valence-electron chi connectivity index (χ0n) is 9.62. The highest BCUT2D eigenvalue weighted by molar-refractivity contribution is 5.39. The van der Waals surface area contributed by atoms with Crippen molar-refractivity contribution < 1.29 is 4.74 Å². The fraction of sp³-hybridized carbons (Fsp3) is 0.429. The van der Waals surface area contributed by atoms with Gasteiger partial charge in [0.25, 0.3) is 0 Å². The lowest BCUT2D eigenvalue weighted by molar-refractivity contribution is 0.368. The predicted molar refractivity (Wildman–Crippen MR) is 65.3 cm³/mol. The van der Waals surface area contributed by atoms with Crippen LogP contribution in [0.2, 0.25) is 0 Å². The van der Waals surface area contributed by atoms with Crippen LogP contribution >= 0.6 is 0 Å². The maximum atomic E-state index is 6.09. The van der Waals surface area contributed by atoms with Crippen LogP contribution in [0.4, 0.5) is 0 Å². The molecule has 1 atom stereocenters. The van der Waals surface area contributed by atoms with Crippen LogP contribution in [0.15, 0.2) is 18.2 Å². The van der Waals surface area contributed by atoms with Gasteiger partial charge in [-0.25, -0.2) is 0 Å². The molecule has 2 rings (SSSR count). The number of hydrogen-bond acceptors (Lipinski definition) is 2. The predicted octanol–water partition coefficient (Wildman–Crippen LogP) is 2.42. The number of nitrogens with two attached hydrogens (primary N) is 1. The van der Waals surface area contributed by atoms with Gasteiger partial charge in [0.2, 0.25) is 0 Å². The Hall–Kier alpha value is -1.46. The van der Waals surface area contributed by atoms with Gasteiger partial charge in [-0.1, -0.05) is 12.0 Å². The van der Waals surface area contributed by atoms with E-state index in [1.54, 1.807) is 0 Å². The van der Waals surface area contributed by atoms with Crippen LogP contribution in [0.3, 0.4) is 0 Å². The topological polar surface area (TPSA) is 35.2 Å². The van der Waals surface area contributed by atoms with Crippen molar-refractivity contribution >= 4 is 0 Å². The van der Waals surface area contributed by atoms with E-state index < -0.39 is 0 Å². The second-order valence-electron chi connectivity index (χ2n) is 4.07. The lowest BCUT2D eigenvalue weighted by Crippen LogP contribution is -2.17. The van der Waals surface area contributed by atoms with E-state index in [9.17, 15) is 0 Å². The molecule has 1 unspecified atom stereocenters. The lowest BCUT2D eigenvalue weighted by Gasteiger charge is -2.22. The van der Waals surface area contributed by atoms with Gasteiger partial charge in [-0.3, -0.25) is 0 Å². The number of hydrogen-bond donors (Lipinski definition) is 1. The molecule has 0 saturated carbocycles. The highest BCUT2D eigenvalue weighted by Gasteiger charge is 2.16. The van der Waals surface area contributed by atoms with Gasteiger partial charge in [-0.2, -0.15) is 0 Å². The van der Waals surface area contributed by atoms with Crippen molar-refractivity contribution in [1.29, 1.82) is 0 Å². The molecule has 16 heavy (non-hydrogen) atoms. The fourth-order valence-electron chi connectivity index (χ4n) is 2.10. The molecule has 2 heteroatoms. The van der Waals surface area contributed by atoms with Crippen molar-refractivity contribution in [1.82, 2.24) is 0 Å². The van der Waals surface area contributed by atoms with Crippen molar-refractivity contribution in [2.24, 2.45) is 5.73 Å². The Morgan fingerprint density at radius 2 is 2.38 bits per heavy atom. The summed E-state index contributed by atoms with van der Waals surface area (Å²) in [5.74, 6) is 6.57. The van der Waals surface area contributed by atoms with Crippen LogP contribution in [0.1, 0.15) is 36.9 Å². The molecule has 0 aromatic heterocycles. The fourth-order valence-corrected chi connectivity index (χ4v) is 2.10. The van der Waals surface area contributed by atoms with E-state index in [0.717, 1.165) is 18.6 Å². The molecule has 2 N–H and O–H groups in total. The first-order valence-electron chi connectivity index (χ1n) is 5.72. The van der Waals surface area contributed by atoms with Crippen LogP contribution in [0.25, 0.3) is 0 Å². The summed E-state index contributed by atoms with van der Waals surface area (Å²) in [5, 5.41) is 0. The van der Waals surface area contributed by atoms with E-state index in [1.807, 2.05) is 13.0 Å². The Morgan fingerprint density at radius 3 is 3.19 bits per heavy atom. The Balaban J connectivity index is 2.16. The number of fused-ring (bicyclic) bond motifs is 1. The summed E-state index contributed by atoms with van der Waals surface area (Å²) in [6.45, 7) is 2.26. The monoisotopic (exact) mass is 215 g/mol. The summed E-state index contributed by atoms with van der Waals surface area (Å²) in [6, 6.07) is 6.37. The molecule has 1 aliphatic rings. The Kier molecular flexibility index (Phi) is 3.48. The molecule has 0 fully saturated rings. The summed E-state index contributed by atoms with van der Waals surface area (Å²) in [4.78, 5) is 0. The van der Waals surface area contributed by atoms with Crippen LogP contribution < -0.4 is 10.5 Å². The molecule has 0 bridgehead atoms. The van der Waals surface area contributed by atoms with Crippen molar-refractivity contribution in [3.63, 3.8) is 0 Å². The molecular formula is C14H17NO. The highest BCUT2D eigenvalue weighted by atomic mass is 16.5.